The number of rotatable bonds is 10. The number of halogens is 1. The third-order valence-electron chi connectivity index (χ3n) is 5.53. The number of fused-ring (bicyclic) bond motifs is 1. The number of anilines is 1. The zero-order valence-electron chi connectivity index (χ0n) is 20.1. The normalized spacial score (nSPS) is 10.8. The number of hydrogen-bond donors (Lipinski definition) is 3. The van der Waals surface area contributed by atoms with E-state index in [0.717, 1.165) is 11.3 Å². The van der Waals surface area contributed by atoms with Gasteiger partial charge >= 0.3 is 0 Å². The molecule has 0 spiro atoms. The van der Waals surface area contributed by atoms with E-state index in [1.165, 1.54) is 6.92 Å². The molecule has 8 nitrogen and oxygen atoms in total. The van der Waals surface area contributed by atoms with Crippen LogP contribution in [-0.4, -0.2) is 42.7 Å². The Morgan fingerprint density at radius 1 is 1.08 bits per heavy atom. The van der Waals surface area contributed by atoms with E-state index in [1.54, 1.807) is 37.4 Å². The highest BCUT2D eigenvalue weighted by atomic mass is 35.5. The molecule has 36 heavy (non-hydrogen) atoms. The quantitative estimate of drug-likeness (QED) is 0.275. The van der Waals surface area contributed by atoms with Gasteiger partial charge in [0, 0.05) is 31.3 Å². The molecule has 0 fully saturated rings. The lowest BCUT2D eigenvalue weighted by molar-refractivity contribution is -0.118. The third-order valence-corrected chi connectivity index (χ3v) is 5.85. The third kappa shape index (κ3) is 6.14. The van der Waals surface area contributed by atoms with Gasteiger partial charge < -0.3 is 25.1 Å². The molecule has 1 aromatic heterocycles. The number of carbonyl (C=O) groups is 1. The van der Waals surface area contributed by atoms with Gasteiger partial charge in [-0.3, -0.25) is 9.59 Å². The highest BCUT2D eigenvalue weighted by Crippen LogP contribution is 2.25. The number of nitrogens with one attached hydrogen (secondary N) is 3. The maximum absolute atomic E-state index is 12.9. The summed E-state index contributed by atoms with van der Waals surface area (Å²) in [6.45, 7) is 2.84. The average molecular weight is 507 g/mol. The standard InChI is InChI=1S/C27H27ClN4O4/c1-17(33)29-12-11-19-15-20(30-13-14-36-24-6-4-3-5-22(24)28)16-23-25(19)32-26(27(34)31-23)18-7-9-21(35-2)10-8-18/h3-10,15-16,30H,11-14H2,1-2H3,(H,29,33)(H,31,34). The number of aromatic amines is 1. The molecule has 186 valence electrons. The molecule has 0 aliphatic heterocycles. The van der Waals surface area contributed by atoms with Crippen molar-refractivity contribution in [2.24, 2.45) is 0 Å². The maximum atomic E-state index is 12.9. The molecule has 0 aliphatic rings. The molecule has 0 unspecified atom stereocenters. The lowest BCUT2D eigenvalue weighted by Gasteiger charge is -2.14. The number of methoxy groups -OCH3 is 1. The molecule has 3 N–H and O–H groups in total. The Balaban J connectivity index is 1.60. The Labute approximate surface area is 213 Å². The largest absolute Gasteiger partial charge is 0.497 e. The molecule has 0 saturated carbocycles. The summed E-state index contributed by atoms with van der Waals surface area (Å²) in [5.74, 6) is 1.21. The minimum absolute atomic E-state index is 0.106. The summed E-state index contributed by atoms with van der Waals surface area (Å²) in [7, 11) is 1.59. The fraction of sp³-hybridized carbons (Fsp3) is 0.222. The average Bonchev–Trinajstić information content (AvgIpc) is 2.87. The summed E-state index contributed by atoms with van der Waals surface area (Å²) in [5.41, 5.74) is 3.68. The highest BCUT2D eigenvalue weighted by molar-refractivity contribution is 6.32. The van der Waals surface area contributed by atoms with Gasteiger partial charge in [-0.1, -0.05) is 23.7 Å². The number of aromatic nitrogens is 2. The van der Waals surface area contributed by atoms with E-state index < -0.39 is 0 Å². The van der Waals surface area contributed by atoms with Gasteiger partial charge in [0.05, 0.1) is 23.2 Å². The van der Waals surface area contributed by atoms with Crippen LogP contribution in [0.25, 0.3) is 22.3 Å². The maximum Gasteiger partial charge on any atom is 0.274 e. The fourth-order valence-electron chi connectivity index (χ4n) is 3.79. The van der Waals surface area contributed by atoms with Gasteiger partial charge in [0.15, 0.2) is 0 Å². The second-order valence-electron chi connectivity index (χ2n) is 8.11. The van der Waals surface area contributed by atoms with E-state index in [1.807, 2.05) is 30.3 Å². The van der Waals surface area contributed by atoms with Crippen molar-refractivity contribution < 1.29 is 14.3 Å². The van der Waals surface area contributed by atoms with Gasteiger partial charge in [0.2, 0.25) is 5.91 Å². The molecule has 0 aliphatic carbocycles. The minimum Gasteiger partial charge on any atom is -0.497 e. The number of benzene rings is 3. The van der Waals surface area contributed by atoms with Gasteiger partial charge in [-0.05, 0) is 60.5 Å². The van der Waals surface area contributed by atoms with Crippen LogP contribution in [0, 0.1) is 0 Å². The first-order chi connectivity index (χ1) is 17.4. The van der Waals surface area contributed by atoms with Crippen LogP contribution in [0.2, 0.25) is 5.02 Å². The number of para-hydroxylation sites is 1. The second kappa shape index (κ2) is 11.6. The molecule has 0 saturated heterocycles. The molecular formula is C27H27ClN4O4. The van der Waals surface area contributed by atoms with Crippen LogP contribution >= 0.6 is 11.6 Å². The van der Waals surface area contributed by atoms with Crippen LogP contribution in [0.1, 0.15) is 12.5 Å². The van der Waals surface area contributed by atoms with Gasteiger partial charge in [0.25, 0.3) is 5.56 Å². The number of hydrogen-bond acceptors (Lipinski definition) is 6. The number of amides is 1. The zero-order valence-corrected chi connectivity index (χ0v) is 20.8. The van der Waals surface area contributed by atoms with Crippen molar-refractivity contribution in [3.05, 3.63) is 81.6 Å². The van der Waals surface area contributed by atoms with E-state index >= 15 is 0 Å². The van der Waals surface area contributed by atoms with Crippen molar-refractivity contribution in [3.8, 4) is 22.8 Å². The SMILES string of the molecule is COc1ccc(-c2nc3c(CCNC(C)=O)cc(NCCOc4ccccc4Cl)cc3[nH]c2=O)cc1. The molecular weight excluding hydrogens is 480 g/mol. The van der Waals surface area contributed by atoms with Crippen molar-refractivity contribution >= 4 is 34.2 Å². The van der Waals surface area contributed by atoms with Gasteiger partial charge in [-0.2, -0.15) is 0 Å². The van der Waals surface area contributed by atoms with Crippen molar-refractivity contribution in [1.82, 2.24) is 15.3 Å². The number of nitrogens with zero attached hydrogens (tertiary/aromatic N) is 1. The Kier molecular flexibility index (Phi) is 8.07. The zero-order chi connectivity index (χ0) is 25.5. The lowest BCUT2D eigenvalue weighted by atomic mass is 10.1. The van der Waals surface area contributed by atoms with Crippen molar-refractivity contribution in [2.75, 3.05) is 32.1 Å². The van der Waals surface area contributed by atoms with Crippen LogP contribution < -0.4 is 25.7 Å². The molecule has 1 heterocycles. The Bertz CT molecular complexity index is 1420. The van der Waals surface area contributed by atoms with E-state index in [0.29, 0.717) is 64.9 Å². The van der Waals surface area contributed by atoms with E-state index in [4.69, 9.17) is 26.1 Å². The van der Waals surface area contributed by atoms with E-state index in [9.17, 15) is 9.59 Å². The molecule has 1 amide bonds. The summed E-state index contributed by atoms with van der Waals surface area (Å²) >= 11 is 6.14. The number of ether oxygens (including phenoxy) is 2. The molecule has 0 atom stereocenters. The van der Waals surface area contributed by atoms with Crippen LogP contribution in [0.15, 0.2) is 65.5 Å². The van der Waals surface area contributed by atoms with Gasteiger partial charge in [-0.25, -0.2) is 4.98 Å². The van der Waals surface area contributed by atoms with Gasteiger partial charge in [0.1, 0.15) is 23.8 Å². The van der Waals surface area contributed by atoms with Crippen LogP contribution in [-0.2, 0) is 11.2 Å². The monoisotopic (exact) mass is 506 g/mol. The summed E-state index contributed by atoms with van der Waals surface area (Å²) in [6.07, 6.45) is 0.544. The molecule has 9 heteroatoms. The fourth-order valence-corrected chi connectivity index (χ4v) is 3.98. The molecule has 4 rings (SSSR count). The topological polar surface area (TPSA) is 105 Å². The van der Waals surface area contributed by atoms with Gasteiger partial charge in [-0.15, -0.1) is 0 Å². The predicted octanol–water partition coefficient (Wildman–Crippen LogP) is 4.42. The molecule has 0 radical (unpaired) electrons. The first-order valence-corrected chi connectivity index (χ1v) is 11.9. The predicted molar refractivity (Wildman–Crippen MR) is 142 cm³/mol. The van der Waals surface area contributed by atoms with Crippen molar-refractivity contribution in [2.45, 2.75) is 13.3 Å². The Hall–Kier alpha value is -4.04. The van der Waals surface area contributed by atoms with Crippen LogP contribution in [0.5, 0.6) is 11.5 Å². The summed E-state index contributed by atoms with van der Waals surface area (Å²) in [6, 6.07) is 18.3. The first kappa shape index (κ1) is 25.1. The summed E-state index contributed by atoms with van der Waals surface area (Å²) in [4.78, 5) is 32.0. The van der Waals surface area contributed by atoms with E-state index in [2.05, 4.69) is 15.6 Å². The highest BCUT2D eigenvalue weighted by Gasteiger charge is 2.13. The molecule has 0 bridgehead atoms. The smallest absolute Gasteiger partial charge is 0.274 e. The van der Waals surface area contributed by atoms with Crippen molar-refractivity contribution in [3.63, 3.8) is 0 Å². The molecule has 3 aromatic carbocycles. The lowest BCUT2D eigenvalue weighted by Crippen LogP contribution is -2.23. The first-order valence-electron chi connectivity index (χ1n) is 11.5. The number of H-pyrrole nitrogens is 1. The van der Waals surface area contributed by atoms with Crippen LogP contribution in [0.4, 0.5) is 5.69 Å². The van der Waals surface area contributed by atoms with Crippen molar-refractivity contribution in [1.29, 1.82) is 0 Å². The molecule has 4 aromatic rings. The van der Waals surface area contributed by atoms with E-state index in [-0.39, 0.29) is 11.5 Å². The second-order valence-corrected chi connectivity index (χ2v) is 8.52. The minimum atomic E-state index is -0.292. The van der Waals surface area contributed by atoms with Crippen LogP contribution in [0.3, 0.4) is 0 Å². The summed E-state index contributed by atoms with van der Waals surface area (Å²) < 4.78 is 11.0. The Morgan fingerprint density at radius 2 is 1.86 bits per heavy atom. The summed E-state index contributed by atoms with van der Waals surface area (Å²) in [5, 5.41) is 6.70. The number of carbonyl (C=O) groups excluding carboxylic acids is 1. The Morgan fingerprint density at radius 3 is 2.58 bits per heavy atom.